The molecule has 0 bridgehead atoms. The maximum Gasteiger partial charge on any atom is 0.119 e. The molecular weight excluding hydrogens is 246 g/mol. The summed E-state index contributed by atoms with van der Waals surface area (Å²) in [5.41, 5.74) is 5.17. The van der Waals surface area contributed by atoms with Crippen LogP contribution in [0.5, 0.6) is 5.75 Å². The van der Waals surface area contributed by atoms with Crippen LogP contribution in [0.4, 0.5) is 0 Å². The van der Waals surface area contributed by atoms with Crippen LogP contribution in [0.3, 0.4) is 0 Å². The Bertz CT molecular complexity index is 577. The van der Waals surface area contributed by atoms with Crippen molar-refractivity contribution >= 4 is 0 Å². The molecule has 0 spiro atoms. The monoisotopic (exact) mass is 269 g/mol. The summed E-state index contributed by atoms with van der Waals surface area (Å²) in [7, 11) is 1.71. The van der Waals surface area contributed by atoms with E-state index in [4.69, 9.17) is 4.74 Å². The average molecular weight is 269 g/mol. The zero-order chi connectivity index (χ0) is 14.5. The van der Waals surface area contributed by atoms with Crippen LogP contribution in [0.15, 0.2) is 42.5 Å². The summed E-state index contributed by atoms with van der Waals surface area (Å²) in [5.74, 6) is 0.899. The SMILES string of the molecule is CCNC(c1cccc(OC)c1)c1cc(C)ccc1C. The minimum Gasteiger partial charge on any atom is -0.497 e. The fraction of sp³-hybridized carbons (Fsp3) is 0.333. The first-order chi connectivity index (χ1) is 9.65. The van der Waals surface area contributed by atoms with Gasteiger partial charge in [-0.3, -0.25) is 0 Å². The number of nitrogens with one attached hydrogen (secondary N) is 1. The van der Waals surface area contributed by atoms with Gasteiger partial charge in [0.2, 0.25) is 0 Å². The van der Waals surface area contributed by atoms with Crippen molar-refractivity contribution in [3.8, 4) is 5.75 Å². The van der Waals surface area contributed by atoms with Crippen molar-refractivity contribution in [1.29, 1.82) is 0 Å². The standard InChI is InChI=1S/C18H23NO/c1-5-19-18(15-7-6-8-16(12-15)20-4)17-11-13(2)9-10-14(17)3/h6-12,18-19H,5H2,1-4H3. The molecule has 0 heterocycles. The van der Waals surface area contributed by atoms with Gasteiger partial charge in [0, 0.05) is 0 Å². The molecule has 0 saturated heterocycles. The quantitative estimate of drug-likeness (QED) is 0.885. The third kappa shape index (κ3) is 3.20. The summed E-state index contributed by atoms with van der Waals surface area (Å²) < 4.78 is 5.35. The highest BCUT2D eigenvalue weighted by Gasteiger charge is 2.15. The molecule has 0 amide bonds. The van der Waals surface area contributed by atoms with E-state index in [9.17, 15) is 0 Å². The molecule has 1 unspecified atom stereocenters. The van der Waals surface area contributed by atoms with Gasteiger partial charge < -0.3 is 10.1 Å². The second-order valence-electron chi connectivity index (χ2n) is 5.13. The Hall–Kier alpha value is -1.80. The van der Waals surface area contributed by atoms with Gasteiger partial charge in [-0.05, 0) is 49.2 Å². The highest BCUT2D eigenvalue weighted by molar-refractivity contribution is 5.41. The second-order valence-corrected chi connectivity index (χ2v) is 5.13. The lowest BCUT2D eigenvalue weighted by Gasteiger charge is -2.22. The number of aryl methyl sites for hydroxylation is 2. The van der Waals surface area contributed by atoms with Crippen LogP contribution < -0.4 is 10.1 Å². The predicted octanol–water partition coefficient (Wildman–Crippen LogP) is 4.01. The molecular formula is C18H23NO. The normalized spacial score (nSPS) is 12.2. The van der Waals surface area contributed by atoms with Gasteiger partial charge in [-0.2, -0.15) is 0 Å². The maximum atomic E-state index is 5.35. The first-order valence-corrected chi connectivity index (χ1v) is 7.10. The van der Waals surface area contributed by atoms with E-state index in [0.29, 0.717) is 0 Å². The van der Waals surface area contributed by atoms with Crippen LogP contribution >= 0.6 is 0 Å². The molecule has 2 heteroatoms. The van der Waals surface area contributed by atoms with Gasteiger partial charge in [-0.15, -0.1) is 0 Å². The van der Waals surface area contributed by atoms with Crippen LogP contribution in [0.2, 0.25) is 0 Å². The third-order valence-electron chi connectivity index (χ3n) is 3.58. The Morgan fingerprint density at radius 1 is 1.10 bits per heavy atom. The lowest BCUT2D eigenvalue weighted by Crippen LogP contribution is -2.22. The molecule has 2 nitrogen and oxygen atoms in total. The van der Waals surface area contributed by atoms with Gasteiger partial charge in [0.1, 0.15) is 5.75 Å². The van der Waals surface area contributed by atoms with E-state index >= 15 is 0 Å². The highest BCUT2D eigenvalue weighted by Crippen LogP contribution is 2.28. The van der Waals surface area contributed by atoms with E-state index in [0.717, 1.165) is 12.3 Å². The molecule has 1 atom stereocenters. The Kier molecular flexibility index (Phi) is 4.80. The molecule has 2 rings (SSSR count). The van der Waals surface area contributed by atoms with Gasteiger partial charge in [0.05, 0.1) is 13.2 Å². The second kappa shape index (κ2) is 6.58. The molecule has 0 fully saturated rings. The summed E-state index contributed by atoms with van der Waals surface area (Å²) in [6, 6.07) is 15.1. The largest absolute Gasteiger partial charge is 0.497 e. The first-order valence-electron chi connectivity index (χ1n) is 7.10. The Morgan fingerprint density at radius 2 is 1.90 bits per heavy atom. The van der Waals surface area contributed by atoms with Crippen molar-refractivity contribution < 1.29 is 4.74 Å². The molecule has 0 saturated carbocycles. The van der Waals surface area contributed by atoms with E-state index in [-0.39, 0.29) is 6.04 Å². The first kappa shape index (κ1) is 14.6. The fourth-order valence-electron chi connectivity index (χ4n) is 2.50. The zero-order valence-electron chi connectivity index (χ0n) is 12.7. The topological polar surface area (TPSA) is 21.3 Å². The summed E-state index contributed by atoms with van der Waals surface area (Å²) >= 11 is 0. The van der Waals surface area contributed by atoms with Crippen molar-refractivity contribution in [2.45, 2.75) is 26.8 Å². The molecule has 0 aliphatic carbocycles. The summed E-state index contributed by atoms with van der Waals surface area (Å²) in [5, 5.41) is 3.58. The van der Waals surface area contributed by atoms with Crippen molar-refractivity contribution in [2.75, 3.05) is 13.7 Å². The van der Waals surface area contributed by atoms with E-state index in [1.807, 2.05) is 12.1 Å². The third-order valence-corrected chi connectivity index (χ3v) is 3.58. The van der Waals surface area contributed by atoms with Crippen LogP contribution in [0.25, 0.3) is 0 Å². The van der Waals surface area contributed by atoms with Gasteiger partial charge in [0.15, 0.2) is 0 Å². The van der Waals surface area contributed by atoms with E-state index in [2.05, 4.69) is 56.4 Å². The number of benzene rings is 2. The Balaban J connectivity index is 2.46. The lowest BCUT2D eigenvalue weighted by atomic mass is 9.93. The molecule has 106 valence electrons. The zero-order valence-corrected chi connectivity index (χ0v) is 12.7. The molecule has 20 heavy (non-hydrogen) atoms. The molecule has 0 aliphatic heterocycles. The van der Waals surface area contributed by atoms with Gasteiger partial charge in [-0.1, -0.05) is 42.8 Å². The number of rotatable bonds is 5. The molecule has 0 aromatic heterocycles. The van der Waals surface area contributed by atoms with Crippen LogP contribution in [0, 0.1) is 13.8 Å². The highest BCUT2D eigenvalue weighted by atomic mass is 16.5. The predicted molar refractivity (Wildman–Crippen MR) is 84.4 cm³/mol. The molecule has 2 aromatic rings. The molecule has 0 aliphatic rings. The van der Waals surface area contributed by atoms with E-state index in [1.54, 1.807) is 7.11 Å². The Labute approximate surface area is 121 Å². The number of methoxy groups -OCH3 is 1. The minimum atomic E-state index is 0.204. The number of hydrogen-bond acceptors (Lipinski definition) is 2. The number of ether oxygens (including phenoxy) is 1. The van der Waals surface area contributed by atoms with Gasteiger partial charge in [0.25, 0.3) is 0 Å². The van der Waals surface area contributed by atoms with Crippen LogP contribution in [-0.4, -0.2) is 13.7 Å². The van der Waals surface area contributed by atoms with Crippen molar-refractivity contribution in [3.63, 3.8) is 0 Å². The summed E-state index contributed by atoms with van der Waals surface area (Å²) in [6.45, 7) is 7.37. The smallest absolute Gasteiger partial charge is 0.119 e. The van der Waals surface area contributed by atoms with E-state index < -0.39 is 0 Å². The summed E-state index contributed by atoms with van der Waals surface area (Å²) in [6.07, 6.45) is 0. The minimum absolute atomic E-state index is 0.204. The van der Waals surface area contributed by atoms with Crippen LogP contribution in [-0.2, 0) is 0 Å². The van der Waals surface area contributed by atoms with Gasteiger partial charge in [-0.25, -0.2) is 0 Å². The average Bonchev–Trinajstić information content (AvgIpc) is 2.47. The molecule has 0 radical (unpaired) electrons. The van der Waals surface area contributed by atoms with Crippen molar-refractivity contribution in [1.82, 2.24) is 5.32 Å². The van der Waals surface area contributed by atoms with Crippen molar-refractivity contribution in [2.24, 2.45) is 0 Å². The van der Waals surface area contributed by atoms with E-state index in [1.165, 1.54) is 22.3 Å². The lowest BCUT2D eigenvalue weighted by molar-refractivity contribution is 0.413. The molecule has 1 N–H and O–H groups in total. The summed E-state index contributed by atoms with van der Waals surface area (Å²) in [4.78, 5) is 0. The fourth-order valence-corrected chi connectivity index (χ4v) is 2.50. The van der Waals surface area contributed by atoms with Crippen LogP contribution in [0.1, 0.15) is 35.2 Å². The Morgan fingerprint density at radius 3 is 2.60 bits per heavy atom. The van der Waals surface area contributed by atoms with Gasteiger partial charge >= 0.3 is 0 Å². The maximum absolute atomic E-state index is 5.35. The molecule has 2 aromatic carbocycles. The number of hydrogen-bond donors (Lipinski definition) is 1. The van der Waals surface area contributed by atoms with Crippen molar-refractivity contribution in [3.05, 3.63) is 64.7 Å².